The lowest BCUT2D eigenvalue weighted by Crippen LogP contribution is -2.61. The lowest BCUT2D eigenvalue weighted by molar-refractivity contribution is -0.153. The van der Waals surface area contributed by atoms with Crippen LogP contribution in [0.3, 0.4) is 0 Å². The Hall–Kier alpha value is -4.42. The SMILES string of the molecule is O=C(CC(F)(F)F)NCCc1ccc(Cl)c(CN(C(=O)[C@H]2CNCC(=O)N2c2ccc(COC(=O)c3ccccc3)cc2)C2CC2)c1. The predicted octanol–water partition coefficient (Wildman–Crippen LogP) is 4.80. The van der Waals surface area contributed by atoms with E-state index in [9.17, 15) is 32.3 Å². The fraction of sp³-hybridized carbons (Fsp3) is 0.353. The van der Waals surface area contributed by atoms with E-state index in [4.69, 9.17) is 16.3 Å². The minimum absolute atomic E-state index is 0.0142. The highest BCUT2D eigenvalue weighted by Gasteiger charge is 2.41. The highest BCUT2D eigenvalue weighted by atomic mass is 35.5. The molecule has 2 fully saturated rings. The first-order chi connectivity index (χ1) is 22.5. The quantitative estimate of drug-likeness (QED) is 0.268. The standard InChI is InChI=1S/C34H34ClF3N4O5/c35-28-13-8-22(14-15-40-30(43)17-34(36,37)38)16-25(28)20-41(26-11-12-26)32(45)29-18-39-19-31(44)42(29)27-9-6-23(7-10-27)21-47-33(46)24-4-2-1-3-5-24/h1-10,13,16,26,29,39H,11-12,14-15,17-21H2,(H,40,43)/t29-/m1/s1. The molecule has 3 aromatic carbocycles. The summed E-state index contributed by atoms with van der Waals surface area (Å²) in [7, 11) is 0. The van der Waals surface area contributed by atoms with E-state index in [-0.39, 0.29) is 57.1 Å². The predicted molar refractivity (Wildman–Crippen MR) is 169 cm³/mol. The number of rotatable bonds is 12. The van der Waals surface area contributed by atoms with Crippen molar-refractivity contribution in [3.8, 4) is 0 Å². The van der Waals surface area contributed by atoms with Crippen LogP contribution in [0.4, 0.5) is 18.9 Å². The summed E-state index contributed by atoms with van der Waals surface area (Å²) in [5, 5.41) is 5.74. The largest absolute Gasteiger partial charge is 0.457 e. The number of hydrogen-bond acceptors (Lipinski definition) is 6. The number of alkyl halides is 3. The third kappa shape index (κ3) is 9.32. The Labute approximate surface area is 275 Å². The molecular formula is C34H34ClF3N4O5. The molecule has 1 saturated heterocycles. The number of amides is 3. The van der Waals surface area contributed by atoms with Crippen molar-refractivity contribution in [2.24, 2.45) is 0 Å². The molecule has 1 saturated carbocycles. The Morgan fingerprint density at radius 3 is 2.38 bits per heavy atom. The normalized spacial score (nSPS) is 16.5. The van der Waals surface area contributed by atoms with Crippen molar-refractivity contribution in [3.63, 3.8) is 0 Å². The number of ether oxygens (including phenoxy) is 1. The molecule has 2 N–H and O–H groups in total. The number of carbonyl (C=O) groups excluding carboxylic acids is 4. The van der Waals surface area contributed by atoms with Gasteiger partial charge in [0.25, 0.3) is 0 Å². The van der Waals surface area contributed by atoms with Crippen LogP contribution < -0.4 is 15.5 Å². The van der Waals surface area contributed by atoms with Gasteiger partial charge >= 0.3 is 12.1 Å². The number of esters is 1. The minimum Gasteiger partial charge on any atom is -0.457 e. The van der Waals surface area contributed by atoms with Crippen LogP contribution in [0.15, 0.2) is 72.8 Å². The zero-order valence-electron chi connectivity index (χ0n) is 25.4. The summed E-state index contributed by atoms with van der Waals surface area (Å²) >= 11 is 6.51. The molecule has 0 bridgehead atoms. The first-order valence-electron chi connectivity index (χ1n) is 15.2. The van der Waals surface area contributed by atoms with Gasteiger partial charge < -0.3 is 20.3 Å². The number of carbonyl (C=O) groups is 4. The Kier molecular flexibility index (Phi) is 10.8. The number of hydrogen-bond donors (Lipinski definition) is 2. The number of nitrogens with one attached hydrogen (secondary N) is 2. The maximum absolute atomic E-state index is 14.1. The molecule has 248 valence electrons. The van der Waals surface area contributed by atoms with Gasteiger partial charge in [0.15, 0.2) is 0 Å². The fourth-order valence-electron chi connectivity index (χ4n) is 5.39. The van der Waals surface area contributed by atoms with Crippen molar-refractivity contribution in [3.05, 3.63) is 100 Å². The molecule has 1 atom stereocenters. The Bertz CT molecular complexity index is 1600. The Balaban J connectivity index is 1.25. The van der Waals surface area contributed by atoms with E-state index in [1.807, 2.05) is 6.07 Å². The molecule has 47 heavy (non-hydrogen) atoms. The molecule has 1 aliphatic heterocycles. The zero-order valence-corrected chi connectivity index (χ0v) is 26.2. The van der Waals surface area contributed by atoms with Crippen molar-refractivity contribution in [2.45, 2.75) is 57.1 Å². The van der Waals surface area contributed by atoms with E-state index in [0.29, 0.717) is 21.8 Å². The number of piperazine rings is 1. The fourth-order valence-corrected chi connectivity index (χ4v) is 5.57. The highest BCUT2D eigenvalue weighted by molar-refractivity contribution is 6.31. The smallest absolute Gasteiger partial charge is 0.397 e. The van der Waals surface area contributed by atoms with Gasteiger partial charge in [0, 0.05) is 36.4 Å². The van der Waals surface area contributed by atoms with Crippen LogP contribution in [-0.4, -0.2) is 66.5 Å². The van der Waals surface area contributed by atoms with Gasteiger partial charge in [-0.15, -0.1) is 0 Å². The zero-order chi connectivity index (χ0) is 33.6. The maximum atomic E-state index is 14.1. The van der Waals surface area contributed by atoms with Gasteiger partial charge in [-0.05, 0) is 66.3 Å². The second-order valence-electron chi connectivity index (χ2n) is 11.5. The van der Waals surface area contributed by atoms with Gasteiger partial charge in [-0.25, -0.2) is 4.79 Å². The Morgan fingerprint density at radius 1 is 1.00 bits per heavy atom. The van der Waals surface area contributed by atoms with Gasteiger partial charge in [0.2, 0.25) is 17.7 Å². The molecule has 0 spiro atoms. The summed E-state index contributed by atoms with van der Waals surface area (Å²) in [6.07, 6.45) is -4.23. The average Bonchev–Trinajstić information content (AvgIpc) is 3.89. The third-order valence-corrected chi connectivity index (χ3v) is 8.26. The van der Waals surface area contributed by atoms with Gasteiger partial charge in [-0.1, -0.05) is 54.1 Å². The first-order valence-corrected chi connectivity index (χ1v) is 15.6. The molecular weight excluding hydrogens is 637 g/mol. The molecule has 0 unspecified atom stereocenters. The topological polar surface area (TPSA) is 108 Å². The van der Waals surface area contributed by atoms with E-state index in [1.165, 1.54) is 4.90 Å². The van der Waals surface area contributed by atoms with Crippen LogP contribution in [-0.2, 0) is 38.7 Å². The molecule has 0 aromatic heterocycles. The molecule has 13 heteroatoms. The van der Waals surface area contributed by atoms with Crippen LogP contribution in [0.25, 0.3) is 0 Å². The molecule has 0 radical (unpaired) electrons. The molecule has 3 amide bonds. The van der Waals surface area contributed by atoms with Crippen LogP contribution in [0.2, 0.25) is 5.02 Å². The van der Waals surface area contributed by atoms with Crippen LogP contribution >= 0.6 is 11.6 Å². The molecule has 5 rings (SSSR count). The minimum atomic E-state index is -4.58. The summed E-state index contributed by atoms with van der Waals surface area (Å²) < 4.78 is 42.8. The van der Waals surface area contributed by atoms with E-state index < -0.39 is 30.5 Å². The molecule has 2 aliphatic rings. The summed E-state index contributed by atoms with van der Waals surface area (Å²) in [6.45, 7) is 0.551. The van der Waals surface area contributed by atoms with E-state index in [2.05, 4.69) is 10.6 Å². The second-order valence-corrected chi connectivity index (χ2v) is 11.9. The maximum Gasteiger partial charge on any atom is 0.397 e. The van der Waals surface area contributed by atoms with Crippen molar-refractivity contribution >= 4 is 41.0 Å². The van der Waals surface area contributed by atoms with Gasteiger partial charge in [-0.2, -0.15) is 13.2 Å². The molecule has 3 aromatic rings. The van der Waals surface area contributed by atoms with Gasteiger partial charge in [0.1, 0.15) is 19.1 Å². The van der Waals surface area contributed by atoms with Gasteiger partial charge in [0.05, 0.1) is 12.1 Å². The van der Waals surface area contributed by atoms with E-state index >= 15 is 0 Å². The molecule has 1 heterocycles. The summed E-state index contributed by atoms with van der Waals surface area (Å²) in [6, 6.07) is 19.9. The number of anilines is 1. The molecule has 9 nitrogen and oxygen atoms in total. The van der Waals surface area contributed by atoms with Crippen LogP contribution in [0, 0.1) is 0 Å². The van der Waals surface area contributed by atoms with Crippen molar-refractivity contribution in [1.82, 2.24) is 15.5 Å². The Morgan fingerprint density at radius 2 is 1.70 bits per heavy atom. The van der Waals surface area contributed by atoms with Crippen molar-refractivity contribution < 1.29 is 37.1 Å². The first kappa shape index (κ1) is 33.9. The monoisotopic (exact) mass is 670 g/mol. The highest BCUT2D eigenvalue weighted by Crippen LogP contribution is 2.32. The second kappa shape index (κ2) is 15.0. The third-order valence-electron chi connectivity index (χ3n) is 7.89. The van der Waals surface area contributed by atoms with Crippen molar-refractivity contribution in [1.29, 1.82) is 0 Å². The average molecular weight is 671 g/mol. The lowest BCUT2D eigenvalue weighted by Gasteiger charge is -2.38. The summed E-state index contributed by atoms with van der Waals surface area (Å²) in [5.41, 5.74) is 3.10. The summed E-state index contributed by atoms with van der Waals surface area (Å²) in [5.74, 6) is -2.05. The molecule has 1 aliphatic carbocycles. The summed E-state index contributed by atoms with van der Waals surface area (Å²) in [4.78, 5) is 54.4. The van der Waals surface area contributed by atoms with Crippen molar-refractivity contribution in [2.75, 3.05) is 24.5 Å². The lowest BCUT2D eigenvalue weighted by atomic mass is 10.1. The van der Waals surface area contributed by atoms with Crippen LogP contribution in [0.1, 0.15) is 46.3 Å². The van der Waals surface area contributed by atoms with Gasteiger partial charge in [-0.3, -0.25) is 19.3 Å². The number of benzene rings is 3. The van der Waals surface area contributed by atoms with E-state index in [1.54, 1.807) is 71.6 Å². The number of nitrogens with zero attached hydrogens (tertiary/aromatic N) is 2. The van der Waals surface area contributed by atoms with Crippen LogP contribution in [0.5, 0.6) is 0 Å². The number of halogens is 4. The van der Waals surface area contributed by atoms with E-state index in [0.717, 1.165) is 24.0 Å².